The molecule has 0 aliphatic carbocycles. The molecule has 3 rings (SSSR count). The van der Waals surface area contributed by atoms with Gasteiger partial charge in [0.1, 0.15) is 5.82 Å². The van der Waals surface area contributed by atoms with Crippen LogP contribution < -0.4 is 10.6 Å². The number of nitrogens with zero attached hydrogens (tertiary/aromatic N) is 4. The molecule has 0 aliphatic heterocycles. The van der Waals surface area contributed by atoms with E-state index in [0.29, 0.717) is 6.54 Å². The SMILES string of the molecule is CN=C(NCCn1cccc1)NCc1nccn1CCCc1ccccc1. The van der Waals surface area contributed by atoms with Crippen molar-refractivity contribution in [2.45, 2.75) is 32.5 Å². The number of guanidine groups is 1. The summed E-state index contributed by atoms with van der Waals surface area (Å²) < 4.78 is 4.35. The smallest absolute Gasteiger partial charge is 0.191 e. The summed E-state index contributed by atoms with van der Waals surface area (Å²) in [5.41, 5.74) is 1.38. The first kappa shape index (κ1) is 18.8. The Bertz CT molecular complexity index is 804. The molecule has 142 valence electrons. The monoisotopic (exact) mass is 364 g/mol. The number of aromatic nitrogens is 3. The van der Waals surface area contributed by atoms with E-state index in [-0.39, 0.29) is 0 Å². The van der Waals surface area contributed by atoms with Gasteiger partial charge in [0.15, 0.2) is 5.96 Å². The lowest BCUT2D eigenvalue weighted by atomic mass is 10.1. The summed E-state index contributed by atoms with van der Waals surface area (Å²) in [6.07, 6.45) is 10.2. The molecule has 27 heavy (non-hydrogen) atoms. The lowest BCUT2D eigenvalue weighted by Gasteiger charge is -2.13. The highest BCUT2D eigenvalue weighted by Crippen LogP contribution is 2.05. The maximum Gasteiger partial charge on any atom is 0.191 e. The van der Waals surface area contributed by atoms with Gasteiger partial charge < -0.3 is 19.8 Å². The fourth-order valence-corrected chi connectivity index (χ4v) is 3.02. The van der Waals surface area contributed by atoms with Crippen LogP contribution in [0.3, 0.4) is 0 Å². The minimum absolute atomic E-state index is 0.654. The van der Waals surface area contributed by atoms with Crippen LogP contribution >= 0.6 is 0 Å². The zero-order chi connectivity index (χ0) is 18.7. The summed E-state index contributed by atoms with van der Waals surface area (Å²) in [6.45, 7) is 3.34. The Kier molecular flexibility index (Phi) is 7.09. The largest absolute Gasteiger partial charge is 0.355 e. The van der Waals surface area contributed by atoms with Gasteiger partial charge in [0.2, 0.25) is 0 Å². The van der Waals surface area contributed by atoms with Gasteiger partial charge in [-0.05, 0) is 30.5 Å². The van der Waals surface area contributed by atoms with Crippen LogP contribution in [0.25, 0.3) is 0 Å². The second kappa shape index (κ2) is 10.2. The van der Waals surface area contributed by atoms with E-state index in [2.05, 4.69) is 72.5 Å². The molecule has 2 aromatic heterocycles. The maximum atomic E-state index is 4.48. The molecule has 0 fully saturated rings. The fraction of sp³-hybridized carbons (Fsp3) is 0.333. The quantitative estimate of drug-likeness (QED) is 0.453. The van der Waals surface area contributed by atoms with E-state index in [9.17, 15) is 0 Å². The van der Waals surface area contributed by atoms with Crippen LogP contribution in [-0.4, -0.2) is 33.7 Å². The van der Waals surface area contributed by atoms with E-state index < -0.39 is 0 Å². The van der Waals surface area contributed by atoms with E-state index in [1.165, 1.54) is 5.56 Å². The van der Waals surface area contributed by atoms with Gasteiger partial charge in [0.25, 0.3) is 0 Å². The van der Waals surface area contributed by atoms with Crippen molar-refractivity contribution in [2.24, 2.45) is 4.99 Å². The van der Waals surface area contributed by atoms with E-state index in [1.807, 2.05) is 24.5 Å². The number of aryl methyl sites for hydroxylation is 2. The summed E-state index contributed by atoms with van der Waals surface area (Å²) in [5, 5.41) is 6.68. The molecule has 0 bridgehead atoms. The molecule has 0 spiro atoms. The number of aliphatic imine (C=N–C) groups is 1. The van der Waals surface area contributed by atoms with E-state index in [4.69, 9.17) is 0 Å². The normalized spacial score (nSPS) is 11.5. The molecule has 0 unspecified atom stereocenters. The minimum Gasteiger partial charge on any atom is -0.355 e. The molecule has 0 aliphatic rings. The molecule has 2 N–H and O–H groups in total. The Morgan fingerprint density at radius 3 is 2.59 bits per heavy atom. The third-order valence-corrected chi connectivity index (χ3v) is 4.48. The van der Waals surface area contributed by atoms with Crippen molar-refractivity contribution in [3.8, 4) is 0 Å². The number of rotatable bonds is 9. The summed E-state index contributed by atoms with van der Waals surface area (Å²) in [5.74, 6) is 1.82. The average Bonchev–Trinajstić information content (AvgIpc) is 3.37. The molecule has 0 saturated heterocycles. The topological polar surface area (TPSA) is 59.2 Å². The van der Waals surface area contributed by atoms with Crippen LogP contribution in [0.2, 0.25) is 0 Å². The van der Waals surface area contributed by atoms with Crippen molar-refractivity contribution < 1.29 is 0 Å². The molecule has 0 amide bonds. The highest BCUT2D eigenvalue weighted by Gasteiger charge is 2.04. The van der Waals surface area contributed by atoms with Crippen molar-refractivity contribution in [3.63, 3.8) is 0 Å². The number of imidazole rings is 1. The van der Waals surface area contributed by atoms with Crippen LogP contribution in [0.15, 0.2) is 72.2 Å². The van der Waals surface area contributed by atoms with E-state index in [0.717, 1.165) is 44.3 Å². The van der Waals surface area contributed by atoms with Gasteiger partial charge in [-0.2, -0.15) is 0 Å². The molecule has 3 aromatic rings. The van der Waals surface area contributed by atoms with Gasteiger partial charge in [0.05, 0.1) is 6.54 Å². The van der Waals surface area contributed by atoms with Crippen LogP contribution in [0.1, 0.15) is 17.8 Å². The summed E-state index contributed by atoms with van der Waals surface area (Å²) >= 11 is 0. The predicted molar refractivity (Wildman–Crippen MR) is 110 cm³/mol. The van der Waals surface area contributed by atoms with Gasteiger partial charge >= 0.3 is 0 Å². The molecular weight excluding hydrogens is 336 g/mol. The van der Waals surface area contributed by atoms with Crippen molar-refractivity contribution in [2.75, 3.05) is 13.6 Å². The first-order valence-corrected chi connectivity index (χ1v) is 9.44. The summed E-state index contributed by atoms with van der Waals surface area (Å²) in [6, 6.07) is 14.7. The number of benzene rings is 1. The average molecular weight is 364 g/mol. The Balaban J connectivity index is 1.41. The van der Waals surface area contributed by atoms with Crippen LogP contribution in [0.5, 0.6) is 0 Å². The van der Waals surface area contributed by atoms with Crippen molar-refractivity contribution in [1.82, 2.24) is 24.8 Å². The van der Waals surface area contributed by atoms with E-state index in [1.54, 1.807) is 7.05 Å². The van der Waals surface area contributed by atoms with Crippen LogP contribution in [0.4, 0.5) is 0 Å². The Morgan fingerprint density at radius 2 is 1.81 bits per heavy atom. The van der Waals surface area contributed by atoms with E-state index >= 15 is 0 Å². The first-order chi connectivity index (χ1) is 13.3. The van der Waals surface area contributed by atoms with Crippen LogP contribution in [-0.2, 0) is 26.1 Å². The zero-order valence-corrected chi connectivity index (χ0v) is 15.9. The summed E-state index contributed by atoms with van der Waals surface area (Å²) in [4.78, 5) is 8.77. The van der Waals surface area contributed by atoms with Gasteiger partial charge in [-0.25, -0.2) is 4.98 Å². The Hall–Kier alpha value is -3.02. The summed E-state index contributed by atoms with van der Waals surface area (Å²) in [7, 11) is 1.79. The van der Waals surface area contributed by atoms with Crippen molar-refractivity contribution in [1.29, 1.82) is 0 Å². The molecule has 6 nitrogen and oxygen atoms in total. The highest BCUT2D eigenvalue weighted by atomic mass is 15.2. The van der Waals surface area contributed by atoms with Gasteiger partial charge in [-0.1, -0.05) is 30.3 Å². The minimum atomic E-state index is 0.654. The molecule has 0 radical (unpaired) electrons. The lowest BCUT2D eigenvalue weighted by Crippen LogP contribution is -2.38. The first-order valence-electron chi connectivity index (χ1n) is 9.44. The lowest BCUT2D eigenvalue weighted by molar-refractivity contribution is 0.598. The number of nitrogens with one attached hydrogen (secondary N) is 2. The number of hydrogen-bond acceptors (Lipinski definition) is 2. The van der Waals surface area contributed by atoms with Gasteiger partial charge in [0, 0.05) is 51.5 Å². The predicted octanol–water partition coefficient (Wildman–Crippen LogP) is 2.68. The molecular formula is C21H28N6. The fourth-order valence-electron chi connectivity index (χ4n) is 3.02. The Morgan fingerprint density at radius 1 is 1.00 bits per heavy atom. The Labute approximate surface area is 161 Å². The van der Waals surface area contributed by atoms with Crippen molar-refractivity contribution in [3.05, 3.63) is 78.6 Å². The molecule has 0 atom stereocenters. The molecule has 6 heteroatoms. The second-order valence-electron chi connectivity index (χ2n) is 6.40. The third kappa shape index (κ3) is 6.02. The maximum absolute atomic E-state index is 4.48. The zero-order valence-electron chi connectivity index (χ0n) is 15.9. The highest BCUT2D eigenvalue weighted by molar-refractivity contribution is 5.79. The number of hydrogen-bond donors (Lipinski definition) is 2. The molecule has 2 heterocycles. The third-order valence-electron chi connectivity index (χ3n) is 4.48. The second-order valence-corrected chi connectivity index (χ2v) is 6.40. The van der Waals surface area contributed by atoms with Crippen LogP contribution in [0, 0.1) is 0 Å². The molecule has 1 aromatic carbocycles. The standard InChI is InChI=1S/C21H28N6/c1-22-21(24-11-16-26-13-5-6-14-26)25-18-20-23-12-17-27(20)15-7-10-19-8-3-2-4-9-19/h2-6,8-9,12-14,17H,7,10-11,15-16,18H2,1H3,(H2,22,24,25). The van der Waals surface area contributed by atoms with Crippen molar-refractivity contribution >= 4 is 5.96 Å². The molecule has 0 saturated carbocycles. The van der Waals surface area contributed by atoms with Gasteiger partial charge in [-0.15, -0.1) is 0 Å². The van der Waals surface area contributed by atoms with Gasteiger partial charge in [-0.3, -0.25) is 4.99 Å².